The second kappa shape index (κ2) is 6.08. The van der Waals surface area contributed by atoms with E-state index in [1.165, 1.54) is 21.2 Å². The van der Waals surface area contributed by atoms with Crippen molar-refractivity contribution in [3.05, 3.63) is 69.5 Å². The number of hydrogen-bond acceptors (Lipinski definition) is 2. The molecule has 0 bridgehead atoms. The number of fused-ring (bicyclic) bond motifs is 1. The average molecular weight is 346 g/mol. The van der Waals surface area contributed by atoms with Gasteiger partial charge in [-0.3, -0.25) is 0 Å². The molecular formula is C17H16BrNS. The molecule has 0 fully saturated rings. The fourth-order valence-electron chi connectivity index (χ4n) is 2.55. The summed E-state index contributed by atoms with van der Waals surface area (Å²) in [6.45, 7) is 0.667. The van der Waals surface area contributed by atoms with Crippen molar-refractivity contribution in [2.45, 2.75) is 12.3 Å². The van der Waals surface area contributed by atoms with Crippen LogP contribution in [0.2, 0.25) is 0 Å². The van der Waals surface area contributed by atoms with Gasteiger partial charge in [0.2, 0.25) is 0 Å². The second-order valence-electron chi connectivity index (χ2n) is 4.95. The molecule has 0 saturated heterocycles. The molecule has 0 spiro atoms. The Labute approximate surface area is 131 Å². The van der Waals surface area contributed by atoms with Crippen LogP contribution in [-0.4, -0.2) is 6.54 Å². The van der Waals surface area contributed by atoms with Crippen molar-refractivity contribution in [2.24, 2.45) is 5.73 Å². The molecule has 2 N–H and O–H groups in total. The molecule has 3 aromatic rings. The van der Waals surface area contributed by atoms with Gasteiger partial charge in [-0.2, -0.15) is 0 Å². The fraction of sp³-hybridized carbons (Fsp3) is 0.176. The van der Waals surface area contributed by atoms with E-state index in [1.54, 1.807) is 0 Å². The summed E-state index contributed by atoms with van der Waals surface area (Å²) in [7, 11) is 0. The van der Waals surface area contributed by atoms with Gasteiger partial charge in [0.1, 0.15) is 0 Å². The molecule has 3 rings (SSSR count). The highest BCUT2D eigenvalue weighted by molar-refractivity contribution is 9.10. The first kappa shape index (κ1) is 13.8. The largest absolute Gasteiger partial charge is 0.330 e. The van der Waals surface area contributed by atoms with Gasteiger partial charge in [0, 0.05) is 15.1 Å². The Hall–Kier alpha value is -1.16. The molecule has 0 radical (unpaired) electrons. The maximum atomic E-state index is 6.00. The minimum atomic E-state index is 0.366. The van der Waals surface area contributed by atoms with Crippen molar-refractivity contribution >= 4 is 37.4 Å². The Kier molecular flexibility index (Phi) is 4.20. The van der Waals surface area contributed by atoms with E-state index < -0.39 is 0 Å². The Morgan fingerprint density at radius 1 is 1.10 bits per heavy atom. The summed E-state index contributed by atoms with van der Waals surface area (Å²) in [5.41, 5.74) is 8.71. The van der Waals surface area contributed by atoms with E-state index in [-0.39, 0.29) is 0 Å². The first-order valence-electron chi connectivity index (χ1n) is 6.68. The molecule has 0 saturated carbocycles. The Morgan fingerprint density at radius 3 is 2.75 bits per heavy atom. The van der Waals surface area contributed by atoms with Crippen LogP contribution < -0.4 is 5.73 Å². The highest BCUT2D eigenvalue weighted by Crippen LogP contribution is 2.30. The molecule has 1 unspecified atom stereocenters. The van der Waals surface area contributed by atoms with E-state index in [2.05, 4.69) is 69.8 Å². The van der Waals surface area contributed by atoms with E-state index in [4.69, 9.17) is 5.73 Å². The van der Waals surface area contributed by atoms with Gasteiger partial charge in [0.15, 0.2) is 0 Å². The maximum absolute atomic E-state index is 6.00. The van der Waals surface area contributed by atoms with Crippen molar-refractivity contribution in [2.75, 3.05) is 6.54 Å². The summed E-state index contributed by atoms with van der Waals surface area (Å²) in [5, 5.41) is 3.64. The van der Waals surface area contributed by atoms with Crippen LogP contribution in [0.3, 0.4) is 0 Å². The Bertz CT molecular complexity index is 720. The van der Waals surface area contributed by atoms with E-state index in [1.807, 2.05) is 11.3 Å². The van der Waals surface area contributed by atoms with Gasteiger partial charge in [-0.25, -0.2) is 0 Å². The lowest BCUT2D eigenvalue weighted by Gasteiger charge is -2.15. The van der Waals surface area contributed by atoms with Gasteiger partial charge < -0.3 is 5.73 Å². The van der Waals surface area contributed by atoms with Crippen LogP contribution in [0.25, 0.3) is 10.1 Å². The van der Waals surface area contributed by atoms with Crippen molar-refractivity contribution in [3.8, 4) is 0 Å². The highest BCUT2D eigenvalue weighted by Gasteiger charge is 2.13. The van der Waals surface area contributed by atoms with Crippen LogP contribution in [0.4, 0.5) is 0 Å². The van der Waals surface area contributed by atoms with Crippen LogP contribution in [0.5, 0.6) is 0 Å². The molecule has 1 aromatic heterocycles. The summed E-state index contributed by atoms with van der Waals surface area (Å²) >= 11 is 5.35. The standard InChI is InChI=1S/C17H16BrNS/c18-15-5-3-4-12(9-15)13(10-19)8-14-11-20-17-7-2-1-6-16(14)17/h1-7,9,11,13H,8,10,19H2. The normalized spacial score (nSPS) is 12.7. The van der Waals surface area contributed by atoms with E-state index in [0.29, 0.717) is 12.5 Å². The molecule has 0 aliphatic carbocycles. The quantitative estimate of drug-likeness (QED) is 0.711. The highest BCUT2D eigenvalue weighted by atomic mass is 79.9. The SMILES string of the molecule is NCC(Cc1csc2ccccc12)c1cccc(Br)c1. The number of thiophene rings is 1. The van der Waals surface area contributed by atoms with Crippen LogP contribution in [0.15, 0.2) is 58.4 Å². The average Bonchev–Trinajstić information content (AvgIpc) is 2.88. The van der Waals surface area contributed by atoms with E-state index in [0.717, 1.165) is 10.9 Å². The molecule has 1 atom stereocenters. The fourth-order valence-corrected chi connectivity index (χ4v) is 3.95. The molecular weight excluding hydrogens is 330 g/mol. The predicted octanol–water partition coefficient (Wildman–Crippen LogP) is 4.95. The third kappa shape index (κ3) is 2.80. The Morgan fingerprint density at radius 2 is 1.95 bits per heavy atom. The zero-order valence-electron chi connectivity index (χ0n) is 11.1. The number of halogens is 1. The minimum absolute atomic E-state index is 0.366. The van der Waals surface area contributed by atoms with Crippen molar-refractivity contribution in [1.82, 2.24) is 0 Å². The molecule has 3 heteroatoms. The summed E-state index contributed by atoms with van der Waals surface area (Å²) < 4.78 is 2.47. The second-order valence-corrected chi connectivity index (χ2v) is 6.78. The summed E-state index contributed by atoms with van der Waals surface area (Å²) in [5.74, 6) is 0.366. The number of hydrogen-bond donors (Lipinski definition) is 1. The van der Waals surface area contributed by atoms with Gasteiger partial charge >= 0.3 is 0 Å². The van der Waals surface area contributed by atoms with Crippen LogP contribution in [0, 0.1) is 0 Å². The first-order valence-corrected chi connectivity index (χ1v) is 8.36. The van der Waals surface area contributed by atoms with Crippen LogP contribution in [0.1, 0.15) is 17.0 Å². The third-order valence-electron chi connectivity index (χ3n) is 3.63. The van der Waals surface area contributed by atoms with Gasteiger partial charge in [0.25, 0.3) is 0 Å². The zero-order chi connectivity index (χ0) is 13.9. The lowest BCUT2D eigenvalue weighted by Crippen LogP contribution is -2.14. The number of rotatable bonds is 4. The number of benzene rings is 2. The maximum Gasteiger partial charge on any atom is 0.0345 e. The first-order chi connectivity index (χ1) is 9.78. The number of nitrogens with two attached hydrogens (primary N) is 1. The van der Waals surface area contributed by atoms with Gasteiger partial charge in [-0.1, -0.05) is 46.3 Å². The molecule has 0 aliphatic heterocycles. The van der Waals surface area contributed by atoms with Crippen molar-refractivity contribution in [1.29, 1.82) is 0 Å². The lowest BCUT2D eigenvalue weighted by molar-refractivity contribution is 0.698. The molecule has 1 nitrogen and oxygen atoms in total. The summed E-state index contributed by atoms with van der Waals surface area (Å²) in [6.07, 6.45) is 0.997. The zero-order valence-corrected chi connectivity index (χ0v) is 13.5. The van der Waals surface area contributed by atoms with Gasteiger partial charge in [0.05, 0.1) is 0 Å². The molecule has 1 heterocycles. The van der Waals surface area contributed by atoms with Crippen molar-refractivity contribution in [3.63, 3.8) is 0 Å². The van der Waals surface area contributed by atoms with Crippen LogP contribution >= 0.6 is 27.3 Å². The smallest absolute Gasteiger partial charge is 0.0345 e. The topological polar surface area (TPSA) is 26.0 Å². The van der Waals surface area contributed by atoms with Gasteiger partial charge in [-0.15, -0.1) is 11.3 Å². The molecule has 0 aliphatic rings. The summed E-state index contributed by atoms with van der Waals surface area (Å²) in [4.78, 5) is 0. The molecule has 2 aromatic carbocycles. The van der Waals surface area contributed by atoms with E-state index in [9.17, 15) is 0 Å². The third-order valence-corrected chi connectivity index (χ3v) is 5.14. The summed E-state index contributed by atoms with van der Waals surface area (Å²) in [6, 6.07) is 17.1. The lowest BCUT2D eigenvalue weighted by atomic mass is 9.92. The van der Waals surface area contributed by atoms with Crippen LogP contribution in [-0.2, 0) is 6.42 Å². The molecule has 0 amide bonds. The molecule has 102 valence electrons. The minimum Gasteiger partial charge on any atom is -0.330 e. The van der Waals surface area contributed by atoms with Crippen molar-refractivity contribution < 1.29 is 0 Å². The predicted molar refractivity (Wildman–Crippen MR) is 91.5 cm³/mol. The Balaban J connectivity index is 1.92. The van der Waals surface area contributed by atoms with Gasteiger partial charge in [-0.05, 0) is 53.1 Å². The monoisotopic (exact) mass is 345 g/mol. The van der Waals surface area contributed by atoms with E-state index >= 15 is 0 Å². The molecule has 20 heavy (non-hydrogen) atoms.